The number of nitrogens with one attached hydrogen (secondary N) is 1. The highest BCUT2D eigenvalue weighted by atomic mass is 16.6. The van der Waals surface area contributed by atoms with Crippen LogP contribution in [0.25, 0.3) is 0 Å². The van der Waals surface area contributed by atoms with Crippen molar-refractivity contribution in [3.05, 3.63) is 99.1 Å². The molecule has 2 N–H and O–H groups in total. The predicted octanol–water partition coefficient (Wildman–Crippen LogP) is 4.93. The SMILES string of the molecule is CC1(C(=O)Nc2cc([N+](=O)[O-])ccc2O)CC2c3ccccc3C1c1ccccc12. The van der Waals surface area contributed by atoms with Gasteiger partial charge in [0.05, 0.1) is 16.0 Å². The number of aromatic hydroxyl groups is 1. The van der Waals surface area contributed by atoms with Crippen LogP contribution >= 0.6 is 0 Å². The molecule has 3 aromatic rings. The van der Waals surface area contributed by atoms with Crippen molar-refractivity contribution in [3.63, 3.8) is 0 Å². The molecule has 1 amide bonds. The van der Waals surface area contributed by atoms with Crippen LogP contribution < -0.4 is 5.32 Å². The summed E-state index contributed by atoms with van der Waals surface area (Å²) >= 11 is 0. The van der Waals surface area contributed by atoms with Crippen LogP contribution in [0.4, 0.5) is 11.4 Å². The first kappa shape index (κ1) is 18.4. The number of hydrogen-bond acceptors (Lipinski definition) is 4. The summed E-state index contributed by atoms with van der Waals surface area (Å²) in [5, 5.41) is 24.0. The largest absolute Gasteiger partial charge is 0.506 e. The maximum Gasteiger partial charge on any atom is 0.271 e. The molecule has 6 nitrogen and oxygen atoms in total. The van der Waals surface area contributed by atoms with Gasteiger partial charge in [-0.3, -0.25) is 14.9 Å². The van der Waals surface area contributed by atoms with Gasteiger partial charge in [0.25, 0.3) is 5.69 Å². The van der Waals surface area contributed by atoms with Crippen molar-refractivity contribution in [3.8, 4) is 5.75 Å². The molecule has 2 bridgehead atoms. The highest BCUT2D eigenvalue weighted by Crippen LogP contribution is 2.61. The fourth-order valence-electron chi connectivity index (χ4n) is 5.19. The third-order valence-corrected chi connectivity index (χ3v) is 6.59. The molecule has 1 atom stereocenters. The number of carbonyl (C=O) groups is 1. The Morgan fingerprint density at radius 3 is 2.17 bits per heavy atom. The minimum atomic E-state index is -0.759. The van der Waals surface area contributed by atoms with E-state index in [1.54, 1.807) is 0 Å². The van der Waals surface area contributed by atoms with E-state index in [4.69, 9.17) is 0 Å². The van der Waals surface area contributed by atoms with E-state index in [0.717, 1.165) is 11.1 Å². The van der Waals surface area contributed by atoms with Gasteiger partial charge in [-0.2, -0.15) is 0 Å². The lowest BCUT2D eigenvalue weighted by Gasteiger charge is -2.50. The summed E-state index contributed by atoms with van der Waals surface area (Å²) in [6.45, 7) is 1.94. The number of amides is 1. The Morgan fingerprint density at radius 2 is 1.60 bits per heavy atom. The summed E-state index contributed by atoms with van der Waals surface area (Å²) < 4.78 is 0. The zero-order valence-electron chi connectivity index (χ0n) is 16.3. The second-order valence-electron chi connectivity index (χ2n) is 8.28. The molecule has 3 aliphatic carbocycles. The molecule has 0 heterocycles. The summed E-state index contributed by atoms with van der Waals surface area (Å²) in [5.74, 6) is -0.468. The van der Waals surface area contributed by atoms with Crippen LogP contribution in [0.1, 0.15) is 47.4 Å². The van der Waals surface area contributed by atoms with Gasteiger partial charge >= 0.3 is 0 Å². The molecular formula is C24H20N2O4. The number of nitrogens with zero attached hydrogens (tertiary/aromatic N) is 1. The van der Waals surface area contributed by atoms with E-state index in [1.165, 1.54) is 29.3 Å². The van der Waals surface area contributed by atoms with Gasteiger partial charge in [-0.15, -0.1) is 0 Å². The first-order valence-electron chi connectivity index (χ1n) is 9.86. The van der Waals surface area contributed by atoms with Gasteiger partial charge in [-0.25, -0.2) is 0 Å². The summed E-state index contributed by atoms with van der Waals surface area (Å²) in [7, 11) is 0. The Labute approximate surface area is 173 Å². The zero-order valence-corrected chi connectivity index (χ0v) is 16.3. The van der Waals surface area contributed by atoms with Gasteiger partial charge in [0.15, 0.2) is 0 Å². The molecule has 0 spiro atoms. The number of nitro groups is 1. The minimum Gasteiger partial charge on any atom is -0.506 e. The number of phenolic OH excluding ortho intramolecular Hbond substituents is 1. The molecule has 1 unspecified atom stereocenters. The lowest BCUT2D eigenvalue weighted by molar-refractivity contribution is -0.384. The van der Waals surface area contributed by atoms with E-state index in [0.29, 0.717) is 6.42 Å². The Hall–Kier alpha value is -3.67. The normalized spacial score (nSPS) is 23.4. The van der Waals surface area contributed by atoms with Gasteiger partial charge in [0, 0.05) is 24.0 Å². The van der Waals surface area contributed by atoms with Crippen LogP contribution in [0.5, 0.6) is 5.75 Å². The molecule has 30 heavy (non-hydrogen) atoms. The van der Waals surface area contributed by atoms with Crippen molar-refractivity contribution in [2.75, 3.05) is 5.32 Å². The van der Waals surface area contributed by atoms with Crippen molar-refractivity contribution in [1.82, 2.24) is 0 Å². The van der Waals surface area contributed by atoms with Crippen molar-refractivity contribution < 1.29 is 14.8 Å². The van der Waals surface area contributed by atoms with Crippen LogP contribution in [0, 0.1) is 15.5 Å². The van der Waals surface area contributed by atoms with Crippen molar-refractivity contribution >= 4 is 17.3 Å². The van der Waals surface area contributed by atoms with Crippen molar-refractivity contribution in [2.45, 2.75) is 25.2 Å². The molecule has 0 saturated heterocycles. The lowest BCUT2D eigenvalue weighted by Crippen LogP contribution is -2.47. The molecule has 150 valence electrons. The number of carbonyl (C=O) groups excluding carboxylic acids is 1. The van der Waals surface area contributed by atoms with Crippen LogP contribution in [0.15, 0.2) is 66.7 Å². The number of nitro benzene ring substituents is 1. The molecular weight excluding hydrogens is 380 g/mol. The number of rotatable bonds is 3. The number of fused-ring (bicyclic) bond motifs is 1. The third-order valence-electron chi connectivity index (χ3n) is 6.59. The number of anilines is 1. The fraction of sp³-hybridized carbons (Fsp3) is 0.208. The van der Waals surface area contributed by atoms with Gasteiger partial charge in [0.2, 0.25) is 5.91 Å². The third kappa shape index (κ3) is 2.53. The molecule has 0 fully saturated rings. The van der Waals surface area contributed by atoms with Crippen LogP contribution in [0.2, 0.25) is 0 Å². The van der Waals surface area contributed by atoms with Gasteiger partial charge in [-0.05, 0) is 41.7 Å². The number of non-ortho nitro benzene ring substituents is 1. The Kier molecular flexibility index (Phi) is 3.93. The zero-order chi connectivity index (χ0) is 21.0. The first-order chi connectivity index (χ1) is 14.4. The summed E-state index contributed by atoms with van der Waals surface area (Å²) in [4.78, 5) is 24.1. The second-order valence-corrected chi connectivity index (χ2v) is 8.28. The molecule has 3 aromatic carbocycles. The summed E-state index contributed by atoms with van der Waals surface area (Å²) in [6.07, 6.45) is 0.632. The standard InChI is InChI=1S/C24H20N2O4/c1-24(23(28)25-20-12-14(26(29)30)10-11-21(20)27)13-19-15-6-2-4-8-17(15)22(24)18-9-5-3-7-16(18)19/h2-12,19,22,27H,13H2,1H3,(H,25,28). The Morgan fingerprint density at radius 1 is 1.03 bits per heavy atom. The molecule has 0 saturated carbocycles. The number of benzene rings is 3. The predicted molar refractivity (Wildman–Crippen MR) is 113 cm³/mol. The van der Waals surface area contributed by atoms with Gasteiger partial charge in [-0.1, -0.05) is 48.5 Å². The van der Waals surface area contributed by atoms with Gasteiger partial charge in [0.1, 0.15) is 5.75 Å². The van der Waals surface area contributed by atoms with E-state index in [1.807, 2.05) is 31.2 Å². The topological polar surface area (TPSA) is 92.5 Å². The molecule has 6 rings (SSSR count). The highest BCUT2D eigenvalue weighted by Gasteiger charge is 2.53. The van der Waals surface area contributed by atoms with Crippen LogP contribution in [0.3, 0.4) is 0 Å². The smallest absolute Gasteiger partial charge is 0.271 e. The average Bonchev–Trinajstić information content (AvgIpc) is 2.75. The van der Waals surface area contributed by atoms with Crippen molar-refractivity contribution in [1.29, 1.82) is 0 Å². The molecule has 3 aliphatic rings. The van der Waals surface area contributed by atoms with Crippen molar-refractivity contribution in [2.24, 2.45) is 5.41 Å². The van der Waals surface area contributed by atoms with E-state index >= 15 is 0 Å². The van der Waals surface area contributed by atoms with Gasteiger partial charge < -0.3 is 10.4 Å². The maximum atomic E-state index is 13.5. The second kappa shape index (κ2) is 6.42. The average molecular weight is 400 g/mol. The first-order valence-corrected chi connectivity index (χ1v) is 9.86. The minimum absolute atomic E-state index is 0.0541. The summed E-state index contributed by atoms with van der Waals surface area (Å²) in [6, 6.07) is 20.1. The molecule has 0 aliphatic heterocycles. The quantitative estimate of drug-likeness (QED) is 0.370. The molecule has 0 aromatic heterocycles. The van der Waals surface area contributed by atoms with E-state index < -0.39 is 10.3 Å². The Bertz CT molecular complexity index is 1160. The van der Waals surface area contributed by atoms with E-state index in [2.05, 4.69) is 29.6 Å². The summed E-state index contributed by atoms with van der Waals surface area (Å²) in [5.41, 5.74) is 3.91. The molecule has 0 radical (unpaired) electrons. The fourth-order valence-corrected chi connectivity index (χ4v) is 5.19. The Balaban J connectivity index is 1.58. The number of phenols is 1. The lowest BCUT2D eigenvalue weighted by atomic mass is 9.52. The highest BCUT2D eigenvalue weighted by molar-refractivity contribution is 5.98. The van der Waals surface area contributed by atoms with Crippen LogP contribution in [-0.4, -0.2) is 15.9 Å². The molecule has 6 heteroatoms. The van der Waals surface area contributed by atoms with Crippen LogP contribution in [-0.2, 0) is 4.79 Å². The monoisotopic (exact) mass is 400 g/mol. The maximum absolute atomic E-state index is 13.5. The van der Waals surface area contributed by atoms with E-state index in [9.17, 15) is 20.0 Å². The number of hydrogen-bond donors (Lipinski definition) is 2. The van der Waals surface area contributed by atoms with E-state index in [-0.39, 0.29) is 34.9 Å².